The predicted octanol–water partition coefficient (Wildman–Crippen LogP) is -2.95. The van der Waals surface area contributed by atoms with Crippen molar-refractivity contribution in [2.24, 2.45) is 11.5 Å². The number of carboxylic acid groups (broad SMARTS) is 1. The van der Waals surface area contributed by atoms with Crippen molar-refractivity contribution in [3.63, 3.8) is 0 Å². The number of primary amides is 2. The number of amides is 3. The van der Waals surface area contributed by atoms with Crippen molar-refractivity contribution in [3.8, 4) is 0 Å². The van der Waals surface area contributed by atoms with Crippen molar-refractivity contribution in [2.75, 3.05) is 27.7 Å². The number of nitrogens with two attached hydrogens (primary N) is 2. The number of ether oxygens (including phenoxy) is 1. The second-order valence-corrected chi connectivity index (χ2v) is 6.17. The third-order valence-electron chi connectivity index (χ3n) is 2.71. The smallest absolute Gasteiger partial charge is 0.329 e. The maximum Gasteiger partial charge on any atom is 0.329 e. The Morgan fingerprint density at radius 1 is 1.35 bits per heavy atom. The molecule has 0 spiro atoms. The summed E-state index contributed by atoms with van der Waals surface area (Å²) >= 11 is 0. The molecule has 1 rings (SSSR count). The minimum Gasteiger partial charge on any atom is -0.550 e. The van der Waals surface area contributed by atoms with Gasteiger partial charge in [0.15, 0.2) is 6.10 Å². The molecule has 10 nitrogen and oxygen atoms in total. The summed E-state index contributed by atoms with van der Waals surface area (Å²) in [5, 5.41) is 13.2. The molecule has 3 amide bonds. The number of rotatable bonds is 6. The zero-order valence-corrected chi connectivity index (χ0v) is 13.5. The Balaban J connectivity index is 0.00000108. The highest BCUT2D eigenvalue weighted by molar-refractivity contribution is 5.88. The fourth-order valence-corrected chi connectivity index (χ4v) is 1.98. The van der Waals surface area contributed by atoms with Gasteiger partial charge in [-0.2, -0.15) is 0 Å². The first-order valence-electron chi connectivity index (χ1n) is 6.95. The van der Waals surface area contributed by atoms with E-state index < -0.39 is 30.1 Å². The van der Waals surface area contributed by atoms with Crippen molar-refractivity contribution in [3.05, 3.63) is 0 Å². The van der Waals surface area contributed by atoms with Crippen LogP contribution in [0.4, 0.5) is 4.79 Å². The van der Waals surface area contributed by atoms with Crippen LogP contribution < -0.4 is 21.9 Å². The van der Waals surface area contributed by atoms with Gasteiger partial charge < -0.3 is 35.9 Å². The van der Waals surface area contributed by atoms with Gasteiger partial charge in [0.1, 0.15) is 12.6 Å². The van der Waals surface area contributed by atoms with Crippen LogP contribution in [0.15, 0.2) is 0 Å². The van der Waals surface area contributed by atoms with Crippen LogP contribution in [0.5, 0.6) is 0 Å². The SMILES string of the molecule is C[N+](C)(C)CC(CC(=O)[O-])OC(=O)[C@@H]1CCC(=O)N1.NC(N)=O. The number of quaternary nitrogens is 1. The Hall–Kier alpha value is -2.36. The maximum atomic E-state index is 11.8. The lowest BCUT2D eigenvalue weighted by Crippen LogP contribution is -2.47. The molecule has 2 atom stereocenters. The quantitative estimate of drug-likeness (QED) is 0.347. The lowest BCUT2D eigenvalue weighted by molar-refractivity contribution is -0.873. The van der Waals surface area contributed by atoms with Crippen LogP contribution in [0.3, 0.4) is 0 Å². The van der Waals surface area contributed by atoms with Crippen LogP contribution in [-0.4, -0.2) is 68.2 Å². The van der Waals surface area contributed by atoms with Gasteiger partial charge in [0.05, 0.1) is 21.1 Å². The van der Waals surface area contributed by atoms with Crippen LogP contribution in [0.25, 0.3) is 0 Å². The van der Waals surface area contributed by atoms with E-state index in [0.717, 1.165) is 0 Å². The summed E-state index contributed by atoms with van der Waals surface area (Å²) < 4.78 is 5.64. The minimum atomic E-state index is -1.26. The van der Waals surface area contributed by atoms with Gasteiger partial charge in [0.2, 0.25) is 5.91 Å². The van der Waals surface area contributed by atoms with Gasteiger partial charge in [-0.3, -0.25) is 4.79 Å². The molecule has 1 fully saturated rings. The fraction of sp³-hybridized carbons (Fsp3) is 0.692. The number of nitrogens with zero attached hydrogens (tertiary/aromatic N) is 1. The van der Waals surface area contributed by atoms with Gasteiger partial charge in [0.25, 0.3) is 0 Å². The monoisotopic (exact) mass is 332 g/mol. The molecule has 1 saturated heterocycles. The van der Waals surface area contributed by atoms with Gasteiger partial charge in [-0.1, -0.05) is 0 Å². The molecule has 0 aromatic heterocycles. The molecule has 0 aliphatic carbocycles. The van der Waals surface area contributed by atoms with E-state index in [1.54, 1.807) is 0 Å². The number of esters is 1. The highest BCUT2D eigenvalue weighted by atomic mass is 16.5. The molecule has 1 aliphatic heterocycles. The summed E-state index contributed by atoms with van der Waals surface area (Å²) in [6.45, 7) is 0.361. The molecule has 0 saturated carbocycles. The Morgan fingerprint density at radius 3 is 2.22 bits per heavy atom. The molecule has 5 N–H and O–H groups in total. The zero-order chi connectivity index (χ0) is 18.2. The minimum absolute atomic E-state index is 0.190. The van der Waals surface area contributed by atoms with Gasteiger partial charge >= 0.3 is 12.0 Å². The fourth-order valence-electron chi connectivity index (χ4n) is 1.98. The van der Waals surface area contributed by atoms with Crippen LogP contribution in [0.2, 0.25) is 0 Å². The molecule has 0 aromatic rings. The topological polar surface area (TPSA) is 165 Å². The van der Waals surface area contributed by atoms with Crippen molar-refractivity contribution < 1.29 is 33.5 Å². The van der Waals surface area contributed by atoms with Crippen LogP contribution >= 0.6 is 0 Å². The number of aliphatic carboxylic acids is 1. The van der Waals surface area contributed by atoms with E-state index in [0.29, 0.717) is 23.9 Å². The number of hydrogen-bond acceptors (Lipinski definition) is 6. The summed E-state index contributed by atoms with van der Waals surface area (Å²) in [5.41, 5.74) is 8.50. The van der Waals surface area contributed by atoms with Gasteiger partial charge in [-0.05, 0) is 6.42 Å². The number of urea groups is 1. The average molecular weight is 332 g/mol. The Labute approximate surface area is 134 Å². The van der Waals surface area contributed by atoms with Crippen LogP contribution in [-0.2, 0) is 19.1 Å². The standard InChI is InChI=1S/C12H20N2O5.CH4N2O/c1-14(2,3)7-8(6-11(16)17)19-12(18)9-4-5-10(15)13-9;2-1(3)4/h8-9H,4-7H2,1-3H3,(H-,13,15,16,17);(H4,2,3,4)/t8?,9-;/m0./s1. The third-order valence-corrected chi connectivity index (χ3v) is 2.71. The molecule has 132 valence electrons. The van der Waals surface area contributed by atoms with Crippen molar-refractivity contribution in [1.29, 1.82) is 0 Å². The van der Waals surface area contributed by atoms with E-state index >= 15 is 0 Å². The molecule has 1 aliphatic rings. The number of carboxylic acids is 1. The Kier molecular flexibility index (Phi) is 8.02. The highest BCUT2D eigenvalue weighted by Crippen LogP contribution is 2.12. The van der Waals surface area contributed by atoms with Gasteiger partial charge in [-0.15, -0.1) is 0 Å². The number of carbonyl (C=O) groups is 4. The lowest BCUT2D eigenvalue weighted by Gasteiger charge is -2.29. The summed E-state index contributed by atoms with van der Waals surface area (Å²) in [6.07, 6.45) is -0.419. The number of nitrogens with one attached hydrogen (secondary N) is 1. The first kappa shape index (κ1) is 20.6. The third kappa shape index (κ3) is 10.9. The molecule has 10 heteroatoms. The maximum absolute atomic E-state index is 11.8. The first-order valence-corrected chi connectivity index (χ1v) is 6.95. The largest absolute Gasteiger partial charge is 0.550 e. The van der Waals surface area contributed by atoms with Gasteiger partial charge in [-0.25, -0.2) is 9.59 Å². The van der Waals surface area contributed by atoms with Gasteiger partial charge in [0, 0.05) is 18.8 Å². The summed E-state index contributed by atoms with van der Waals surface area (Å²) in [4.78, 5) is 42.5. The normalized spacial score (nSPS) is 18.2. The Bertz CT molecular complexity index is 456. The van der Waals surface area contributed by atoms with Crippen molar-refractivity contribution in [1.82, 2.24) is 5.32 Å². The molecule has 23 heavy (non-hydrogen) atoms. The summed E-state index contributed by atoms with van der Waals surface area (Å²) in [5.74, 6) is -2.03. The first-order chi connectivity index (χ1) is 10.4. The average Bonchev–Trinajstić information content (AvgIpc) is 2.71. The second-order valence-electron chi connectivity index (χ2n) is 6.17. The van der Waals surface area contributed by atoms with E-state index in [-0.39, 0.29) is 12.3 Å². The second kappa shape index (κ2) is 8.93. The van der Waals surface area contributed by atoms with Crippen molar-refractivity contribution in [2.45, 2.75) is 31.4 Å². The molecular formula is C13H24N4O6. The van der Waals surface area contributed by atoms with E-state index in [2.05, 4.69) is 16.8 Å². The lowest BCUT2D eigenvalue weighted by atomic mass is 10.2. The highest BCUT2D eigenvalue weighted by Gasteiger charge is 2.31. The summed E-state index contributed by atoms with van der Waals surface area (Å²) in [7, 11) is 5.61. The number of likely N-dealkylation sites (N-methyl/N-ethyl adjacent to an activating group) is 1. The molecular weight excluding hydrogens is 308 g/mol. The summed E-state index contributed by atoms with van der Waals surface area (Å²) in [6, 6.07) is -1.50. The van der Waals surface area contributed by atoms with E-state index in [4.69, 9.17) is 9.53 Å². The number of carbonyl (C=O) groups excluding carboxylic acids is 4. The Morgan fingerprint density at radius 2 is 1.87 bits per heavy atom. The predicted molar refractivity (Wildman–Crippen MR) is 77.3 cm³/mol. The van der Waals surface area contributed by atoms with Crippen LogP contribution in [0.1, 0.15) is 19.3 Å². The van der Waals surface area contributed by atoms with Crippen molar-refractivity contribution >= 4 is 23.9 Å². The number of hydrogen-bond donors (Lipinski definition) is 3. The molecule has 0 aromatic carbocycles. The molecule has 0 radical (unpaired) electrons. The molecule has 1 heterocycles. The van der Waals surface area contributed by atoms with E-state index in [1.807, 2.05) is 21.1 Å². The molecule has 1 unspecified atom stereocenters. The van der Waals surface area contributed by atoms with Crippen LogP contribution in [0, 0.1) is 0 Å². The molecule has 0 bridgehead atoms. The van der Waals surface area contributed by atoms with E-state index in [1.165, 1.54) is 0 Å². The van der Waals surface area contributed by atoms with E-state index in [9.17, 15) is 19.5 Å². The zero-order valence-electron chi connectivity index (χ0n) is 13.5.